The number of carboxylic acid groups (broad SMARTS) is 1. The molecule has 1 amide bonds. The Labute approximate surface area is 132 Å². The van der Waals surface area contributed by atoms with Crippen LogP contribution in [0.5, 0.6) is 0 Å². The molecule has 0 bridgehead atoms. The summed E-state index contributed by atoms with van der Waals surface area (Å²) < 4.78 is 5.90. The lowest BCUT2D eigenvalue weighted by molar-refractivity contribution is -0.140. The van der Waals surface area contributed by atoms with Crippen molar-refractivity contribution in [2.45, 2.75) is 44.9 Å². The predicted octanol–water partition coefficient (Wildman–Crippen LogP) is 2.89. The normalized spacial score (nSPS) is 13.5. The molecule has 0 fully saturated rings. The van der Waals surface area contributed by atoms with Gasteiger partial charge in [-0.1, -0.05) is 39.0 Å². The van der Waals surface area contributed by atoms with E-state index < -0.39 is 26.2 Å². The summed E-state index contributed by atoms with van der Waals surface area (Å²) in [5, 5.41) is 11.8. The molecule has 0 saturated carbocycles. The van der Waals surface area contributed by atoms with Gasteiger partial charge in [0.05, 0.1) is 6.61 Å². The van der Waals surface area contributed by atoms with Crippen molar-refractivity contribution >= 4 is 20.2 Å². The average molecular weight is 323 g/mol. The zero-order chi connectivity index (χ0) is 17.0. The van der Waals surface area contributed by atoms with E-state index in [0.29, 0.717) is 5.56 Å². The largest absolute Gasteiger partial charge is 0.480 e. The summed E-state index contributed by atoms with van der Waals surface area (Å²) >= 11 is 0. The van der Waals surface area contributed by atoms with Crippen molar-refractivity contribution in [3.05, 3.63) is 35.9 Å². The van der Waals surface area contributed by atoms with E-state index in [1.165, 1.54) is 0 Å². The topological polar surface area (TPSA) is 75.6 Å². The van der Waals surface area contributed by atoms with E-state index in [2.05, 4.69) is 26.1 Å². The van der Waals surface area contributed by atoms with Gasteiger partial charge in [0.15, 0.2) is 8.32 Å². The Morgan fingerprint density at radius 1 is 1.23 bits per heavy atom. The van der Waals surface area contributed by atoms with E-state index in [1.54, 1.807) is 30.3 Å². The third-order valence-electron chi connectivity index (χ3n) is 4.06. The van der Waals surface area contributed by atoms with Crippen molar-refractivity contribution in [1.82, 2.24) is 5.32 Å². The monoisotopic (exact) mass is 323 g/mol. The highest BCUT2D eigenvalue weighted by Crippen LogP contribution is 2.36. The van der Waals surface area contributed by atoms with Crippen molar-refractivity contribution in [3.63, 3.8) is 0 Å². The van der Waals surface area contributed by atoms with Crippen LogP contribution >= 0.6 is 0 Å². The van der Waals surface area contributed by atoms with Crippen LogP contribution in [0.15, 0.2) is 30.3 Å². The molecular weight excluding hydrogens is 298 g/mol. The first-order chi connectivity index (χ1) is 10.0. The Balaban J connectivity index is 2.72. The first-order valence-corrected chi connectivity index (χ1v) is 10.2. The van der Waals surface area contributed by atoms with Gasteiger partial charge in [0.2, 0.25) is 0 Å². The number of carbonyl (C=O) groups is 2. The van der Waals surface area contributed by atoms with Gasteiger partial charge in [-0.3, -0.25) is 4.79 Å². The van der Waals surface area contributed by atoms with Gasteiger partial charge in [-0.2, -0.15) is 0 Å². The molecule has 1 aromatic rings. The molecule has 0 saturated heterocycles. The van der Waals surface area contributed by atoms with Crippen molar-refractivity contribution < 1.29 is 19.1 Å². The number of benzene rings is 1. The lowest BCUT2D eigenvalue weighted by atomic mass is 10.2. The van der Waals surface area contributed by atoms with Crippen LogP contribution < -0.4 is 5.32 Å². The van der Waals surface area contributed by atoms with Gasteiger partial charge in [0.1, 0.15) is 6.04 Å². The molecule has 0 radical (unpaired) electrons. The maximum absolute atomic E-state index is 12.1. The lowest BCUT2D eigenvalue weighted by Crippen LogP contribution is -2.49. The molecule has 22 heavy (non-hydrogen) atoms. The minimum absolute atomic E-state index is 0.0144. The number of rotatable bonds is 6. The fourth-order valence-corrected chi connectivity index (χ4v) is 2.53. The zero-order valence-corrected chi connectivity index (χ0v) is 14.8. The number of hydrogen-bond acceptors (Lipinski definition) is 3. The van der Waals surface area contributed by atoms with Crippen LogP contribution in [-0.4, -0.2) is 37.9 Å². The van der Waals surface area contributed by atoms with E-state index in [-0.39, 0.29) is 11.6 Å². The van der Waals surface area contributed by atoms with Gasteiger partial charge in [0.25, 0.3) is 5.91 Å². The van der Waals surface area contributed by atoms with E-state index in [0.717, 1.165) is 0 Å². The second-order valence-corrected chi connectivity index (χ2v) is 11.6. The van der Waals surface area contributed by atoms with Gasteiger partial charge < -0.3 is 14.8 Å². The Hall–Kier alpha value is -1.66. The SMILES string of the molecule is CC(C)(C)[Si](C)(C)OCC(NC(=O)c1ccccc1)C(=O)O. The summed E-state index contributed by atoms with van der Waals surface area (Å²) in [6.45, 7) is 10.3. The zero-order valence-electron chi connectivity index (χ0n) is 13.8. The molecular formula is C16H25NO4Si. The summed E-state index contributed by atoms with van der Waals surface area (Å²) in [6.07, 6.45) is 0. The molecule has 6 heteroatoms. The molecule has 1 rings (SSSR count). The molecule has 0 aliphatic carbocycles. The first kappa shape index (κ1) is 18.4. The number of carbonyl (C=O) groups excluding carboxylic acids is 1. The van der Waals surface area contributed by atoms with Crippen molar-refractivity contribution in [3.8, 4) is 0 Å². The van der Waals surface area contributed by atoms with Gasteiger partial charge in [-0.25, -0.2) is 4.79 Å². The van der Waals surface area contributed by atoms with Gasteiger partial charge >= 0.3 is 5.97 Å². The lowest BCUT2D eigenvalue weighted by Gasteiger charge is -2.36. The predicted molar refractivity (Wildman–Crippen MR) is 88.5 cm³/mol. The van der Waals surface area contributed by atoms with Crippen LogP contribution in [-0.2, 0) is 9.22 Å². The fourth-order valence-electron chi connectivity index (χ4n) is 1.51. The van der Waals surface area contributed by atoms with Crippen LogP contribution in [0.1, 0.15) is 31.1 Å². The molecule has 1 unspecified atom stereocenters. The number of hydrogen-bond donors (Lipinski definition) is 2. The minimum Gasteiger partial charge on any atom is -0.480 e. The Morgan fingerprint density at radius 2 is 1.77 bits per heavy atom. The molecule has 0 aliphatic heterocycles. The average Bonchev–Trinajstić information content (AvgIpc) is 2.42. The molecule has 1 aromatic carbocycles. The van der Waals surface area contributed by atoms with Crippen LogP contribution in [0, 0.1) is 0 Å². The molecule has 0 heterocycles. The second kappa shape index (κ2) is 7.06. The highest BCUT2D eigenvalue weighted by molar-refractivity contribution is 6.74. The van der Waals surface area contributed by atoms with Crippen molar-refractivity contribution in [2.24, 2.45) is 0 Å². The summed E-state index contributed by atoms with van der Waals surface area (Å²) in [5.41, 5.74) is 0.432. The molecule has 0 aromatic heterocycles. The number of amides is 1. The Bertz CT molecular complexity index is 523. The minimum atomic E-state index is -2.06. The fraction of sp³-hybridized carbons (Fsp3) is 0.500. The number of aliphatic carboxylic acids is 1. The molecule has 1 atom stereocenters. The van der Waals surface area contributed by atoms with E-state index in [4.69, 9.17) is 4.43 Å². The van der Waals surface area contributed by atoms with Crippen LogP contribution in [0.25, 0.3) is 0 Å². The van der Waals surface area contributed by atoms with Crippen molar-refractivity contribution in [2.75, 3.05) is 6.61 Å². The second-order valence-electron chi connectivity index (χ2n) is 6.80. The van der Waals surface area contributed by atoms with Crippen molar-refractivity contribution in [1.29, 1.82) is 0 Å². The molecule has 122 valence electrons. The standard InChI is InChI=1S/C16H25NO4Si/c1-16(2,3)22(4,5)21-11-13(15(19)20)17-14(18)12-9-7-6-8-10-12/h6-10,13H,11H2,1-5H3,(H,17,18)(H,19,20). The Kier molecular flexibility index (Phi) is 5.90. The Morgan fingerprint density at radius 3 is 2.23 bits per heavy atom. The third kappa shape index (κ3) is 4.96. The summed E-state index contributed by atoms with van der Waals surface area (Å²) in [7, 11) is -2.06. The van der Waals surface area contributed by atoms with E-state index >= 15 is 0 Å². The highest BCUT2D eigenvalue weighted by Gasteiger charge is 2.38. The van der Waals surface area contributed by atoms with Crippen LogP contribution in [0.2, 0.25) is 18.1 Å². The summed E-state index contributed by atoms with van der Waals surface area (Å²) in [5.74, 6) is -1.50. The molecule has 5 nitrogen and oxygen atoms in total. The molecule has 0 aliphatic rings. The van der Waals surface area contributed by atoms with Gasteiger partial charge in [0, 0.05) is 5.56 Å². The maximum Gasteiger partial charge on any atom is 0.328 e. The molecule has 0 spiro atoms. The summed E-state index contributed by atoms with van der Waals surface area (Å²) in [4.78, 5) is 23.4. The molecule has 2 N–H and O–H groups in total. The van der Waals surface area contributed by atoms with E-state index in [9.17, 15) is 14.7 Å². The van der Waals surface area contributed by atoms with Crippen LogP contribution in [0.3, 0.4) is 0 Å². The number of carboxylic acids is 1. The van der Waals surface area contributed by atoms with Crippen LogP contribution in [0.4, 0.5) is 0 Å². The van der Waals surface area contributed by atoms with Gasteiger partial charge in [-0.05, 0) is 30.3 Å². The maximum atomic E-state index is 12.1. The summed E-state index contributed by atoms with van der Waals surface area (Å²) in [6, 6.07) is 7.49. The third-order valence-corrected chi connectivity index (χ3v) is 8.56. The first-order valence-electron chi connectivity index (χ1n) is 7.27. The number of nitrogens with one attached hydrogen (secondary N) is 1. The highest BCUT2D eigenvalue weighted by atomic mass is 28.4. The van der Waals surface area contributed by atoms with E-state index in [1.807, 2.05) is 13.1 Å². The quantitative estimate of drug-likeness (QED) is 0.789. The van der Waals surface area contributed by atoms with Gasteiger partial charge in [-0.15, -0.1) is 0 Å². The smallest absolute Gasteiger partial charge is 0.328 e.